The van der Waals surface area contributed by atoms with Crippen LogP contribution in [0.3, 0.4) is 0 Å². The molecule has 1 rings (SSSR count). The van der Waals surface area contributed by atoms with Crippen molar-refractivity contribution in [3.8, 4) is 0 Å². The summed E-state index contributed by atoms with van der Waals surface area (Å²) in [4.78, 5) is 15.6. The molecule has 0 aliphatic rings. The molecule has 0 aromatic carbocycles. The summed E-state index contributed by atoms with van der Waals surface area (Å²) in [7, 11) is 0. The Balaban J connectivity index is 2.82. The Labute approximate surface area is 94.2 Å². The smallest absolute Gasteiger partial charge is 0.256 e. The van der Waals surface area contributed by atoms with Crippen LogP contribution in [0.4, 0.5) is 11.6 Å². The highest BCUT2D eigenvalue weighted by atomic mass is 16.1. The maximum absolute atomic E-state index is 11.7. The SMILES string of the molecule is C=C/C=C(\C=C)C(=O)Nc1cccc(N)n1. The third-order valence-corrected chi connectivity index (χ3v) is 1.79. The number of nitrogens with two attached hydrogens (primary N) is 1. The second-order valence-corrected chi connectivity index (χ2v) is 2.96. The molecule has 1 aromatic rings. The standard InChI is InChI=1S/C12H13N3O/c1-3-6-9(4-2)12(16)15-11-8-5-7-10(13)14-11/h3-8H,1-2H2,(H3,13,14,15,16)/b9-6+. The van der Waals surface area contributed by atoms with E-state index in [1.807, 2.05) is 0 Å². The van der Waals surface area contributed by atoms with E-state index in [1.54, 1.807) is 24.3 Å². The lowest BCUT2D eigenvalue weighted by Gasteiger charge is -2.04. The first-order valence-corrected chi connectivity index (χ1v) is 4.66. The van der Waals surface area contributed by atoms with Gasteiger partial charge in [0.25, 0.3) is 5.91 Å². The summed E-state index contributed by atoms with van der Waals surface area (Å²) in [5.41, 5.74) is 5.90. The minimum absolute atomic E-state index is 0.298. The normalized spacial score (nSPS) is 10.6. The van der Waals surface area contributed by atoms with Gasteiger partial charge in [-0.05, 0) is 12.1 Å². The van der Waals surface area contributed by atoms with E-state index in [4.69, 9.17) is 5.73 Å². The summed E-state index contributed by atoms with van der Waals surface area (Å²) in [6.07, 6.45) is 4.53. The monoisotopic (exact) mass is 215 g/mol. The van der Waals surface area contributed by atoms with Gasteiger partial charge < -0.3 is 11.1 Å². The highest BCUT2D eigenvalue weighted by molar-refractivity contribution is 6.05. The summed E-state index contributed by atoms with van der Waals surface area (Å²) >= 11 is 0. The molecule has 0 bridgehead atoms. The highest BCUT2D eigenvalue weighted by Crippen LogP contribution is 2.08. The van der Waals surface area contributed by atoms with Crippen molar-refractivity contribution >= 4 is 17.5 Å². The van der Waals surface area contributed by atoms with Crippen molar-refractivity contribution in [2.45, 2.75) is 0 Å². The largest absolute Gasteiger partial charge is 0.384 e. The zero-order valence-electron chi connectivity index (χ0n) is 8.81. The fourth-order valence-corrected chi connectivity index (χ4v) is 1.07. The summed E-state index contributed by atoms with van der Waals surface area (Å²) in [5, 5.41) is 2.60. The van der Waals surface area contributed by atoms with Gasteiger partial charge in [0.05, 0.1) is 0 Å². The number of amides is 1. The number of rotatable bonds is 4. The van der Waals surface area contributed by atoms with Gasteiger partial charge in [-0.15, -0.1) is 0 Å². The average molecular weight is 215 g/mol. The zero-order chi connectivity index (χ0) is 12.0. The summed E-state index contributed by atoms with van der Waals surface area (Å²) in [6.45, 7) is 7.05. The molecule has 16 heavy (non-hydrogen) atoms. The van der Waals surface area contributed by atoms with Gasteiger partial charge in [0, 0.05) is 5.57 Å². The van der Waals surface area contributed by atoms with Crippen molar-refractivity contribution in [1.82, 2.24) is 4.98 Å². The fourth-order valence-electron chi connectivity index (χ4n) is 1.07. The number of carbonyl (C=O) groups excluding carboxylic acids is 1. The van der Waals surface area contributed by atoms with Crippen molar-refractivity contribution in [3.63, 3.8) is 0 Å². The molecule has 4 heteroatoms. The summed E-state index contributed by atoms with van der Waals surface area (Å²) < 4.78 is 0. The quantitative estimate of drug-likeness (QED) is 0.595. The molecule has 1 amide bonds. The Kier molecular flexibility index (Phi) is 4.03. The molecule has 0 aliphatic heterocycles. The van der Waals surface area contributed by atoms with Crippen molar-refractivity contribution < 1.29 is 4.79 Å². The molecular weight excluding hydrogens is 202 g/mol. The van der Waals surface area contributed by atoms with Gasteiger partial charge in [-0.3, -0.25) is 4.79 Å². The number of hydrogen-bond donors (Lipinski definition) is 2. The number of allylic oxidation sites excluding steroid dienone is 2. The van der Waals surface area contributed by atoms with E-state index in [2.05, 4.69) is 23.5 Å². The molecule has 0 spiro atoms. The van der Waals surface area contributed by atoms with E-state index < -0.39 is 0 Å². The van der Waals surface area contributed by atoms with Crippen molar-refractivity contribution in [3.05, 3.63) is 55.2 Å². The van der Waals surface area contributed by atoms with E-state index in [9.17, 15) is 4.79 Å². The molecule has 0 atom stereocenters. The van der Waals surface area contributed by atoms with Crippen LogP contribution >= 0.6 is 0 Å². The number of aromatic nitrogens is 1. The number of nitrogens with one attached hydrogen (secondary N) is 1. The van der Waals surface area contributed by atoms with Gasteiger partial charge in [-0.1, -0.05) is 37.5 Å². The lowest BCUT2D eigenvalue weighted by Crippen LogP contribution is -2.14. The number of hydrogen-bond acceptors (Lipinski definition) is 3. The first kappa shape index (κ1) is 11.7. The Hall–Kier alpha value is -2.36. The van der Waals surface area contributed by atoms with Gasteiger partial charge in [-0.2, -0.15) is 0 Å². The van der Waals surface area contributed by atoms with Crippen LogP contribution in [0.15, 0.2) is 55.2 Å². The molecule has 3 N–H and O–H groups in total. The third-order valence-electron chi connectivity index (χ3n) is 1.79. The number of carbonyl (C=O) groups is 1. The number of pyridine rings is 1. The van der Waals surface area contributed by atoms with E-state index in [1.165, 1.54) is 12.2 Å². The summed E-state index contributed by atoms with van der Waals surface area (Å²) in [5.74, 6) is 0.459. The first-order valence-electron chi connectivity index (χ1n) is 4.66. The molecule has 0 fully saturated rings. The fraction of sp³-hybridized carbons (Fsp3) is 0. The molecule has 0 radical (unpaired) electrons. The van der Waals surface area contributed by atoms with E-state index in [0.717, 1.165) is 0 Å². The van der Waals surface area contributed by atoms with Crippen molar-refractivity contribution in [2.24, 2.45) is 0 Å². The molecule has 4 nitrogen and oxygen atoms in total. The predicted molar refractivity (Wildman–Crippen MR) is 65.8 cm³/mol. The van der Waals surface area contributed by atoms with Crippen LogP contribution in [0.25, 0.3) is 0 Å². The van der Waals surface area contributed by atoms with Crippen molar-refractivity contribution in [2.75, 3.05) is 11.1 Å². The van der Waals surface area contributed by atoms with Crippen LogP contribution in [0.1, 0.15) is 0 Å². The van der Waals surface area contributed by atoms with Gasteiger partial charge >= 0.3 is 0 Å². The molecule has 1 aromatic heterocycles. The van der Waals surface area contributed by atoms with Gasteiger partial charge in [0.2, 0.25) is 0 Å². The second-order valence-electron chi connectivity index (χ2n) is 2.96. The predicted octanol–water partition coefficient (Wildman–Crippen LogP) is 1.90. The molecule has 0 unspecified atom stereocenters. The first-order chi connectivity index (χ1) is 7.67. The average Bonchev–Trinajstić information content (AvgIpc) is 2.25. The van der Waals surface area contributed by atoms with Gasteiger partial charge in [0.15, 0.2) is 0 Å². The number of nitrogen functional groups attached to an aromatic ring is 1. The zero-order valence-corrected chi connectivity index (χ0v) is 8.81. The Morgan fingerprint density at radius 1 is 1.44 bits per heavy atom. The maximum atomic E-state index is 11.7. The van der Waals surface area contributed by atoms with Gasteiger partial charge in [-0.25, -0.2) is 4.98 Å². The van der Waals surface area contributed by atoms with Crippen LogP contribution in [0, 0.1) is 0 Å². The second kappa shape index (κ2) is 5.50. The Bertz CT molecular complexity index is 449. The Morgan fingerprint density at radius 3 is 2.75 bits per heavy atom. The minimum atomic E-state index is -0.298. The van der Waals surface area contributed by atoms with Crippen molar-refractivity contribution in [1.29, 1.82) is 0 Å². The molecule has 1 heterocycles. The summed E-state index contributed by atoms with van der Waals surface area (Å²) in [6, 6.07) is 5.01. The van der Waals surface area contributed by atoms with Crippen LogP contribution in [-0.2, 0) is 4.79 Å². The highest BCUT2D eigenvalue weighted by Gasteiger charge is 2.06. The number of nitrogens with zero attached hydrogens (tertiary/aromatic N) is 1. The molecule has 82 valence electrons. The topological polar surface area (TPSA) is 68.0 Å². The molecular formula is C12H13N3O. The van der Waals surface area contributed by atoms with E-state index >= 15 is 0 Å². The van der Waals surface area contributed by atoms with E-state index in [0.29, 0.717) is 17.2 Å². The molecule has 0 saturated heterocycles. The molecule has 0 aliphatic carbocycles. The Morgan fingerprint density at radius 2 is 2.19 bits per heavy atom. The third kappa shape index (κ3) is 3.09. The van der Waals surface area contributed by atoms with Crippen LogP contribution in [0.2, 0.25) is 0 Å². The van der Waals surface area contributed by atoms with Crippen LogP contribution in [0.5, 0.6) is 0 Å². The van der Waals surface area contributed by atoms with Gasteiger partial charge in [0.1, 0.15) is 11.6 Å². The van der Waals surface area contributed by atoms with Crippen LogP contribution in [-0.4, -0.2) is 10.9 Å². The lowest BCUT2D eigenvalue weighted by atomic mass is 10.2. The molecule has 0 saturated carbocycles. The lowest BCUT2D eigenvalue weighted by molar-refractivity contribution is -0.112. The van der Waals surface area contributed by atoms with Crippen LogP contribution < -0.4 is 11.1 Å². The number of anilines is 2. The minimum Gasteiger partial charge on any atom is -0.384 e. The van der Waals surface area contributed by atoms with E-state index in [-0.39, 0.29) is 5.91 Å². The maximum Gasteiger partial charge on any atom is 0.256 e.